The molecular weight excluding hydrogens is 260 g/mol. The molecule has 0 atom stereocenters. The van der Waals surface area contributed by atoms with Gasteiger partial charge in [0.2, 0.25) is 0 Å². The van der Waals surface area contributed by atoms with Crippen LogP contribution in [0.15, 0.2) is 22.5 Å². The molecule has 0 aromatic rings. The molecule has 0 aliphatic rings. The minimum Gasteiger partial charge on any atom is -0.506 e. The topological polar surface area (TPSA) is 63.6 Å². The fourth-order valence-electron chi connectivity index (χ4n) is 1.73. The monoisotopic (exact) mass is 284 g/mol. The van der Waals surface area contributed by atoms with Crippen molar-refractivity contribution in [3.8, 4) is 0 Å². The van der Waals surface area contributed by atoms with Crippen LogP contribution >= 0.6 is 0 Å². The molecule has 0 spiro atoms. The zero-order valence-electron chi connectivity index (χ0n) is 12.2. The maximum absolute atomic E-state index is 11.2. The third-order valence-corrected chi connectivity index (χ3v) is 5.12. The molecule has 0 radical (unpaired) electrons. The number of hydrogen-bond donors (Lipinski definition) is 1. The van der Waals surface area contributed by atoms with Crippen LogP contribution in [0.2, 0.25) is 0 Å². The van der Waals surface area contributed by atoms with Gasteiger partial charge in [-0.3, -0.25) is 0 Å². The quantitative estimate of drug-likeness (QED) is 0.577. The van der Waals surface area contributed by atoms with E-state index in [1.807, 2.05) is 39.1 Å². The Bertz CT molecular complexity index is 338. The number of hydrogen-bond acceptors (Lipinski definition) is 3. The van der Waals surface area contributed by atoms with Crippen LogP contribution in [-0.2, 0) is 14.0 Å². The fourth-order valence-corrected chi connectivity index (χ4v) is 4.18. The van der Waals surface area contributed by atoms with E-state index in [0.29, 0.717) is 0 Å². The first-order valence-electron chi connectivity index (χ1n) is 6.81. The Morgan fingerprint density at radius 3 is 1.58 bits per heavy atom. The fraction of sp³-hybridized carbons (Fsp3) is 0.571. The van der Waals surface area contributed by atoms with Crippen molar-refractivity contribution in [3.05, 3.63) is 22.5 Å². The van der Waals surface area contributed by atoms with Crippen molar-refractivity contribution in [1.82, 2.24) is 0 Å². The second kappa shape index (κ2) is 9.55. The van der Waals surface area contributed by atoms with Gasteiger partial charge in [0.1, 0.15) is 0 Å². The smallest absolute Gasteiger partial charge is 0.413 e. The molecule has 0 saturated carbocycles. The highest BCUT2D eigenvalue weighted by Gasteiger charge is 2.19. The highest BCUT2D eigenvalue weighted by Crippen LogP contribution is 2.12. The van der Waals surface area contributed by atoms with Crippen molar-refractivity contribution in [3.63, 3.8) is 0 Å². The summed E-state index contributed by atoms with van der Waals surface area (Å²) >= 11 is 0. The molecule has 0 saturated heterocycles. The van der Waals surface area contributed by atoms with Crippen LogP contribution in [-0.4, -0.2) is 26.1 Å². The van der Waals surface area contributed by atoms with Crippen LogP contribution in [0.3, 0.4) is 0 Å². The Labute approximate surface area is 116 Å². The van der Waals surface area contributed by atoms with Gasteiger partial charge in [0, 0.05) is 0 Å². The number of carboxylic acid groups (broad SMARTS) is 1. The maximum atomic E-state index is 11.2. The van der Waals surface area contributed by atoms with Gasteiger partial charge >= 0.3 is 11.9 Å². The number of carbonyl (C=O) groups excluding carboxylic acids is 1. The summed E-state index contributed by atoms with van der Waals surface area (Å²) in [4.78, 5) is 21.8. The van der Waals surface area contributed by atoms with E-state index in [1.54, 1.807) is 0 Å². The first-order valence-corrected chi connectivity index (χ1v) is 8.61. The molecule has 0 heterocycles. The molecule has 0 aliphatic heterocycles. The Morgan fingerprint density at radius 2 is 1.32 bits per heavy atom. The van der Waals surface area contributed by atoms with Gasteiger partial charge in [-0.1, -0.05) is 50.2 Å². The molecule has 0 unspecified atom stereocenters. The van der Waals surface area contributed by atoms with Gasteiger partial charge in [-0.15, -0.1) is 0 Å². The van der Waals surface area contributed by atoms with Gasteiger partial charge in [0.15, 0.2) is 0 Å². The first-order chi connectivity index (χ1) is 8.98. The normalized spacial score (nSPS) is 9.95. The van der Waals surface area contributed by atoms with E-state index >= 15 is 0 Å². The lowest BCUT2D eigenvalue weighted by molar-refractivity contribution is -0.158. The molecule has 0 fully saturated rings. The second-order valence-corrected chi connectivity index (χ2v) is 6.07. The third kappa shape index (κ3) is 6.96. The zero-order chi connectivity index (χ0) is 14.8. The summed E-state index contributed by atoms with van der Waals surface area (Å²) in [6.45, 7) is 8.18. The average Bonchev–Trinajstić information content (AvgIpc) is 2.41. The first kappa shape index (κ1) is 17.6. The lowest BCUT2D eigenvalue weighted by Gasteiger charge is -2.11. The molecule has 4 nitrogen and oxygen atoms in total. The van der Waals surface area contributed by atoms with Crippen LogP contribution in [0.5, 0.6) is 0 Å². The predicted molar refractivity (Wildman–Crippen MR) is 78.2 cm³/mol. The van der Waals surface area contributed by atoms with Crippen molar-refractivity contribution in [2.24, 2.45) is 0 Å². The Morgan fingerprint density at radius 1 is 0.947 bits per heavy atom. The van der Waals surface area contributed by atoms with Gasteiger partial charge in [-0.05, 0) is 25.7 Å². The molecule has 5 heteroatoms. The van der Waals surface area contributed by atoms with Crippen LogP contribution in [0.25, 0.3) is 0 Å². The SMILES string of the molecule is CCC(=C[SiH](C=C(CC)CC)OC(=O)C(=O)O)CC. The van der Waals surface area contributed by atoms with Gasteiger partial charge in [0.25, 0.3) is 9.04 Å². The summed E-state index contributed by atoms with van der Waals surface area (Å²) in [5.41, 5.74) is 6.37. The van der Waals surface area contributed by atoms with Crippen molar-refractivity contribution < 1.29 is 19.1 Å². The molecule has 0 bridgehead atoms. The summed E-state index contributed by atoms with van der Waals surface area (Å²) in [5, 5.41) is 8.63. The molecular formula is C14H24O4Si. The molecule has 1 N–H and O–H groups in total. The summed E-state index contributed by atoms with van der Waals surface area (Å²) in [5.74, 6) is -2.68. The summed E-state index contributed by atoms with van der Waals surface area (Å²) in [6.07, 6.45) is 3.58. The summed E-state index contributed by atoms with van der Waals surface area (Å²) < 4.78 is 5.13. The number of carbonyl (C=O) groups is 2. The van der Waals surface area contributed by atoms with E-state index in [-0.39, 0.29) is 0 Å². The molecule has 108 valence electrons. The number of carboxylic acids is 1. The standard InChI is InChI=1S/C14H24O4Si/c1-5-11(6-2)9-19(10-12(7-3)8-4)18-14(17)13(15)16/h9-10,19H,5-8H2,1-4H3,(H,15,16). The highest BCUT2D eigenvalue weighted by atomic mass is 28.3. The minimum atomic E-state index is -2.09. The molecule has 0 aromatic heterocycles. The van der Waals surface area contributed by atoms with E-state index in [0.717, 1.165) is 25.7 Å². The van der Waals surface area contributed by atoms with E-state index in [1.165, 1.54) is 11.1 Å². The third-order valence-electron chi connectivity index (χ3n) is 3.03. The molecule has 0 amide bonds. The highest BCUT2D eigenvalue weighted by molar-refractivity contribution is 6.66. The molecule has 0 rings (SSSR count). The van der Waals surface area contributed by atoms with E-state index < -0.39 is 21.0 Å². The lowest BCUT2D eigenvalue weighted by Crippen LogP contribution is -2.25. The van der Waals surface area contributed by atoms with Crippen LogP contribution in [0.1, 0.15) is 53.4 Å². The maximum Gasteiger partial charge on any atom is 0.413 e. The van der Waals surface area contributed by atoms with E-state index in [2.05, 4.69) is 0 Å². The van der Waals surface area contributed by atoms with Gasteiger partial charge < -0.3 is 9.53 Å². The van der Waals surface area contributed by atoms with E-state index in [9.17, 15) is 9.59 Å². The van der Waals surface area contributed by atoms with Crippen molar-refractivity contribution in [2.45, 2.75) is 53.4 Å². The minimum absolute atomic E-state index is 0.895. The Kier molecular flexibility index (Phi) is 8.87. The molecule has 0 aliphatic carbocycles. The zero-order valence-corrected chi connectivity index (χ0v) is 13.4. The summed E-state index contributed by atoms with van der Waals surface area (Å²) in [6, 6.07) is 0. The average molecular weight is 284 g/mol. The summed E-state index contributed by atoms with van der Waals surface area (Å²) in [7, 11) is -2.09. The van der Waals surface area contributed by atoms with Crippen molar-refractivity contribution in [1.29, 1.82) is 0 Å². The lowest BCUT2D eigenvalue weighted by atomic mass is 10.2. The van der Waals surface area contributed by atoms with Gasteiger partial charge in [-0.2, -0.15) is 0 Å². The van der Waals surface area contributed by atoms with Crippen molar-refractivity contribution >= 4 is 21.0 Å². The predicted octanol–water partition coefficient (Wildman–Crippen LogP) is 2.91. The number of allylic oxidation sites excluding steroid dienone is 2. The van der Waals surface area contributed by atoms with Gasteiger partial charge in [-0.25, -0.2) is 9.59 Å². The largest absolute Gasteiger partial charge is 0.506 e. The van der Waals surface area contributed by atoms with E-state index in [4.69, 9.17) is 9.53 Å². The van der Waals surface area contributed by atoms with Gasteiger partial charge in [0.05, 0.1) is 0 Å². The molecule has 19 heavy (non-hydrogen) atoms. The van der Waals surface area contributed by atoms with Crippen LogP contribution in [0, 0.1) is 0 Å². The van der Waals surface area contributed by atoms with Crippen molar-refractivity contribution in [2.75, 3.05) is 0 Å². The number of aliphatic carboxylic acids is 1. The van der Waals surface area contributed by atoms with Crippen LogP contribution in [0.4, 0.5) is 0 Å². The van der Waals surface area contributed by atoms with Crippen LogP contribution < -0.4 is 0 Å². The Hall–Kier alpha value is -1.36. The second-order valence-electron chi connectivity index (χ2n) is 4.24. The molecule has 0 aromatic carbocycles. The number of rotatable bonds is 7. The Balaban J connectivity index is 5.13.